The van der Waals surface area contributed by atoms with Gasteiger partial charge in [-0.3, -0.25) is 4.79 Å². The summed E-state index contributed by atoms with van der Waals surface area (Å²) >= 11 is 1.15. The zero-order chi connectivity index (χ0) is 13.1. The van der Waals surface area contributed by atoms with Gasteiger partial charge in [-0.05, 0) is 26.2 Å². The SMILES string of the molecule is CCOC(=O)c1nc(C(=O)N(C)C2CCC2)cs1. The molecular weight excluding hydrogens is 252 g/mol. The lowest BCUT2D eigenvalue weighted by Crippen LogP contribution is -2.41. The molecule has 0 aromatic carbocycles. The molecule has 5 nitrogen and oxygen atoms in total. The minimum absolute atomic E-state index is 0.119. The maximum Gasteiger partial charge on any atom is 0.367 e. The molecule has 1 fully saturated rings. The molecule has 1 aromatic rings. The number of carbonyl (C=O) groups excluding carboxylic acids is 2. The van der Waals surface area contributed by atoms with Crippen LogP contribution in [0.2, 0.25) is 0 Å². The average molecular weight is 268 g/mol. The van der Waals surface area contributed by atoms with Gasteiger partial charge in [0, 0.05) is 18.5 Å². The summed E-state index contributed by atoms with van der Waals surface area (Å²) in [6, 6.07) is 0.324. The third-order valence-electron chi connectivity index (χ3n) is 3.12. The van der Waals surface area contributed by atoms with E-state index in [1.165, 1.54) is 6.42 Å². The first kappa shape index (κ1) is 13.0. The van der Waals surface area contributed by atoms with Gasteiger partial charge in [-0.1, -0.05) is 0 Å². The fraction of sp³-hybridized carbons (Fsp3) is 0.583. The summed E-state index contributed by atoms with van der Waals surface area (Å²) in [6.07, 6.45) is 3.28. The van der Waals surface area contributed by atoms with Crippen molar-refractivity contribution in [1.82, 2.24) is 9.88 Å². The molecule has 1 aliphatic carbocycles. The summed E-state index contributed by atoms with van der Waals surface area (Å²) < 4.78 is 4.85. The topological polar surface area (TPSA) is 59.5 Å². The van der Waals surface area contributed by atoms with Gasteiger partial charge in [-0.25, -0.2) is 9.78 Å². The first-order valence-corrected chi connectivity index (χ1v) is 6.91. The molecule has 98 valence electrons. The van der Waals surface area contributed by atoms with E-state index in [0.29, 0.717) is 18.3 Å². The maximum atomic E-state index is 12.1. The third-order valence-corrected chi connectivity index (χ3v) is 3.94. The van der Waals surface area contributed by atoms with E-state index >= 15 is 0 Å². The predicted octanol–water partition coefficient (Wildman–Crippen LogP) is 1.94. The zero-order valence-corrected chi connectivity index (χ0v) is 11.3. The van der Waals surface area contributed by atoms with Crippen LogP contribution in [-0.4, -0.2) is 41.5 Å². The molecule has 1 amide bonds. The highest BCUT2D eigenvalue weighted by Gasteiger charge is 2.28. The van der Waals surface area contributed by atoms with Gasteiger partial charge in [-0.15, -0.1) is 11.3 Å². The largest absolute Gasteiger partial charge is 0.461 e. The first-order chi connectivity index (χ1) is 8.63. The number of hydrogen-bond donors (Lipinski definition) is 0. The van der Waals surface area contributed by atoms with E-state index in [4.69, 9.17) is 4.74 Å². The van der Waals surface area contributed by atoms with Crippen molar-refractivity contribution < 1.29 is 14.3 Å². The number of ether oxygens (including phenoxy) is 1. The van der Waals surface area contributed by atoms with E-state index in [1.807, 2.05) is 0 Å². The summed E-state index contributed by atoms with van der Waals surface area (Å²) in [7, 11) is 1.79. The van der Waals surface area contributed by atoms with Crippen molar-refractivity contribution in [3.63, 3.8) is 0 Å². The van der Waals surface area contributed by atoms with Gasteiger partial charge < -0.3 is 9.64 Å². The number of carbonyl (C=O) groups is 2. The van der Waals surface area contributed by atoms with Gasteiger partial charge in [0.1, 0.15) is 5.69 Å². The van der Waals surface area contributed by atoms with Crippen LogP contribution in [0.25, 0.3) is 0 Å². The highest BCUT2D eigenvalue weighted by molar-refractivity contribution is 7.11. The second-order valence-corrected chi connectivity index (χ2v) is 5.12. The van der Waals surface area contributed by atoms with E-state index in [2.05, 4.69) is 4.98 Å². The van der Waals surface area contributed by atoms with E-state index < -0.39 is 5.97 Å². The molecule has 0 spiro atoms. The molecule has 0 N–H and O–H groups in total. The van der Waals surface area contributed by atoms with Crippen LogP contribution in [0.4, 0.5) is 0 Å². The predicted molar refractivity (Wildman–Crippen MR) is 67.8 cm³/mol. The zero-order valence-electron chi connectivity index (χ0n) is 10.5. The molecule has 0 bridgehead atoms. The number of thiazole rings is 1. The smallest absolute Gasteiger partial charge is 0.367 e. The molecule has 0 unspecified atom stereocenters. The van der Waals surface area contributed by atoms with Crippen molar-refractivity contribution in [3.8, 4) is 0 Å². The van der Waals surface area contributed by atoms with Crippen molar-refractivity contribution in [2.75, 3.05) is 13.7 Å². The van der Waals surface area contributed by atoms with Crippen LogP contribution in [0, 0.1) is 0 Å². The summed E-state index contributed by atoms with van der Waals surface area (Å²) in [4.78, 5) is 29.3. The number of aromatic nitrogens is 1. The second kappa shape index (κ2) is 5.48. The Bertz CT molecular complexity index is 454. The van der Waals surface area contributed by atoms with Gasteiger partial charge in [0.25, 0.3) is 5.91 Å². The van der Waals surface area contributed by atoms with E-state index in [9.17, 15) is 9.59 Å². The molecule has 1 saturated carbocycles. The van der Waals surface area contributed by atoms with Crippen molar-refractivity contribution in [2.45, 2.75) is 32.2 Å². The fourth-order valence-corrected chi connectivity index (χ4v) is 2.46. The van der Waals surface area contributed by atoms with Crippen molar-refractivity contribution in [3.05, 3.63) is 16.1 Å². The van der Waals surface area contributed by atoms with Crippen molar-refractivity contribution in [2.24, 2.45) is 0 Å². The van der Waals surface area contributed by atoms with E-state index in [0.717, 1.165) is 24.2 Å². The Morgan fingerprint density at radius 2 is 2.28 bits per heavy atom. The number of hydrogen-bond acceptors (Lipinski definition) is 5. The summed E-state index contributed by atoms with van der Waals surface area (Å²) in [5.41, 5.74) is 0.331. The molecule has 1 heterocycles. The summed E-state index contributed by atoms with van der Waals surface area (Å²) in [6.45, 7) is 2.05. The molecule has 6 heteroatoms. The second-order valence-electron chi connectivity index (χ2n) is 4.26. The lowest BCUT2D eigenvalue weighted by atomic mass is 9.92. The third kappa shape index (κ3) is 2.53. The van der Waals surface area contributed by atoms with Crippen molar-refractivity contribution in [1.29, 1.82) is 0 Å². The molecule has 18 heavy (non-hydrogen) atoms. The van der Waals surface area contributed by atoms with Gasteiger partial charge in [0.05, 0.1) is 6.61 Å². The average Bonchev–Trinajstić information content (AvgIpc) is 2.75. The highest BCUT2D eigenvalue weighted by Crippen LogP contribution is 2.25. The maximum absolute atomic E-state index is 12.1. The van der Waals surface area contributed by atoms with Crippen molar-refractivity contribution >= 4 is 23.2 Å². The Morgan fingerprint density at radius 3 is 2.83 bits per heavy atom. The molecular formula is C12H16N2O3S. The molecule has 0 aliphatic heterocycles. The number of amides is 1. The van der Waals surface area contributed by atoms with Crippen LogP contribution in [0.1, 0.15) is 46.5 Å². The number of nitrogens with zero attached hydrogens (tertiary/aromatic N) is 2. The van der Waals surface area contributed by atoms with Gasteiger partial charge >= 0.3 is 5.97 Å². The van der Waals surface area contributed by atoms with Crippen LogP contribution >= 0.6 is 11.3 Å². The Labute approximate surface area is 110 Å². The lowest BCUT2D eigenvalue weighted by molar-refractivity contribution is 0.0525. The van der Waals surface area contributed by atoms with Gasteiger partial charge in [0.15, 0.2) is 0 Å². The number of esters is 1. The summed E-state index contributed by atoms with van der Waals surface area (Å²) in [5.74, 6) is -0.584. The van der Waals surface area contributed by atoms with Crippen LogP contribution in [0.5, 0.6) is 0 Å². The molecule has 0 radical (unpaired) electrons. The Morgan fingerprint density at radius 1 is 1.56 bits per heavy atom. The standard InChI is InChI=1S/C12H16N2O3S/c1-3-17-12(16)10-13-9(7-18-10)11(15)14(2)8-5-4-6-8/h7-8H,3-6H2,1-2H3. The Hall–Kier alpha value is -1.43. The van der Waals surface area contributed by atoms with Crippen LogP contribution in [0.15, 0.2) is 5.38 Å². The molecule has 0 atom stereocenters. The fourth-order valence-electron chi connectivity index (χ4n) is 1.78. The van der Waals surface area contributed by atoms with E-state index in [1.54, 1.807) is 24.3 Å². The Kier molecular flexibility index (Phi) is 3.96. The lowest BCUT2D eigenvalue weighted by Gasteiger charge is -2.34. The minimum atomic E-state index is -0.465. The highest BCUT2D eigenvalue weighted by atomic mass is 32.1. The minimum Gasteiger partial charge on any atom is -0.461 e. The molecule has 2 rings (SSSR count). The quantitative estimate of drug-likeness (QED) is 0.783. The first-order valence-electron chi connectivity index (χ1n) is 6.03. The van der Waals surface area contributed by atoms with Gasteiger partial charge in [0.2, 0.25) is 5.01 Å². The van der Waals surface area contributed by atoms with Crippen LogP contribution < -0.4 is 0 Å². The number of rotatable bonds is 4. The van der Waals surface area contributed by atoms with Crippen LogP contribution in [-0.2, 0) is 4.74 Å². The molecule has 1 aliphatic rings. The van der Waals surface area contributed by atoms with E-state index in [-0.39, 0.29) is 10.9 Å². The monoisotopic (exact) mass is 268 g/mol. The van der Waals surface area contributed by atoms with Crippen LogP contribution in [0.3, 0.4) is 0 Å². The molecule has 1 aromatic heterocycles. The Balaban J connectivity index is 2.04. The molecule has 0 saturated heterocycles. The normalized spacial score (nSPS) is 15.0. The summed E-state index contributed by atoms with van der Waals surface area (Å²) in [5, 5.41) is 1.85. The van der Waals surface area contributed by atoms with Gasteiger partial charge in [-0.2, -0.15) is 0 Å².